The van der Waals surface area contributed by atoms with Gasteiger partial charge in [-0.1, -0.05) is 0 Å². The number of anilines is 1. The summed E-state index contributed by atoms with van der Waals surface area (Å²) in [6.07, 6.45) is -4.32. The van der Waals surface area contributed by atoms with Gasteiger partial charge in [0, 0.05) is 30.1 Å². The predicted octanol–water partition coefficient (Wildman–Crippen LogP) is 2.90. The van der Waals surface area contributed by atoms with E-state index < -0.39 is 11.7 Å². The van der Waals surface area contributed by atoms with E-state index in [2.05, 4.69) is 15.9 Å². The number of benzene rings is 1. The molecule has 1 aliphatic rings. The topological polar surface area (TPSA) is 23.5 Å². The maximum Gasteiger partial charge on any atom is 0.416 e. The van der Waals surface area contributed by atoms with E-state index >= 15 is 0 Å². The van der Waals surface area contributed by atoms with Gasteiger partial charge in [-0.2, -0.15) is 13.2 Å². The van der Waals surface area contributed by atoms with Gasteiger partial charge in [0.25, 0.3) is 0 Å². The van der Waals surface area contributed by atoms with Crippen molar-refractivity contribution in [2.75, 3.05) is 24.6 Å². The highest BCUT2D eigenvalue weighted by Crippen LogP contribution is 2.37. The summed E-state index contributed by atoms with van der Waals surface area (Å²) in [6, 6.07) is 3.62. The number of halogens is 4. The summed E-state index contributed by atoms with van der Waals surface area (Å²) in [5, 5.41) is 8.88. The monoisotopic (exact) mass is 309 g/mol. The van der Waals surface area contributed by atoms with Crippen molar-refractivity contribution in [3.8, 4) is 0 Å². The fourth-order valence-corrected chi connectivity index (χ4v) is 2.45. The number of nitrogens with zero attached hydrogens (tertiary/aromatic N) is 1. The predicted molar refractivity (Wildman–Crippen MR) is 61.9 cm³/mol. The van der Waals surface area contributed by atoms with Crippen LogP contribution in [0.15, 0.2) is 22.7 Å². The van der Waals surface area contributed by atoms with Gasteiger partial charge in [-0.25, -0.2) is 0 Å². The average molecular weight is 310 g/mol. The van der Waals surface area contributed by atoms with Crippen LogP contribution >= 0.6 is 15.9 Å². The van der Waals surface area contributed by atoms with Crippen LogP contribution in [0.1, 0.15) is 5.56 Å². The number of hydrogen-bond acceptors (Lipinski definition) is 2. The lowest BCUT2D eigenvalue weighted by Crippen LogP contribution is -2.48. The zero-order chi connectivity index (χ0) is 12.6. The fourth-order valence-electron chi connectivity index (χ4n) is 1.82. The molecule has 2 rings (SSSR count). The fraction of sp³-hybridized carbons (Fsp3) is 0.455. The molecular formula is C11H11BrF3NO. The van der Waals surface area contributed by atoms with E-state index in [0.717, 1.165) is 17.8 Å². The molecule has 1 aromatic carbocycles. The van der Waals surface area contributed by atoms with Crippen LogP contribution in [-0.4, -0.2) is 24.8 Å². The molecule has 1 heterocycles. The largest absolute Gasteiger partial charge is 0.416 e. The van der Waals surface area contributed by atoms with Gasteiger partial charge in [0.15, 0.2) is 0 Å². The Morgan fingerprint density at radius 2 is 2.00 bits per heavy atom. The summed E-state index contributed by atoms with van der Waals surface area (Å²) in [4.78, 5) is 1.94. The molecule has 0 spiro atoms. The summed E-state index contributed by atoms with van der Waals surface area (Å²) in [5.41, 5.74) is 0.0788. The Morgan fingerprint density at radius 3 is 2.47 bits per heavy atom. The molecule has 1 aliphatic heterocycles. The van der Waals surface area contributed by atoms with Crippen LogP contribution in [0, 0.1) is 5.92 Å². The summed E-state index contributed by atoms with van der Waals surface area (Å²) >= 11 is 3.15. The third-order valence-electron chi connectivity index (χ3n) is 2.83. The molecule has 0 bridgehead atoms. The zero-order valence-electron chi connectivity index (χ0n) is 8.84. The van der Waals surface area contributed by atoms with Crippen LogP contribution in [0.4, 0.5) is 18.9 Å². The van der Waals surface area contributed by atoms with E-state index in [1.807, 2.05) is 4.90 Å². The molecule has 1 fully saturated rings. The molecule has 0 aliphatic carbocycles. The molecule has 2 nitrogen and oxygen atoms in total. The summed E-state index contributed by atoms with van der Waals surface area (Å²) in [5.74, 6) is 0.226. The maximum atomic E-state index is 12.4. The first-order chi connectivity index (χ1) is 7.91. The van der Waals surface area contributed by atoms with Crippen molar-refractivity contribution < 1.29 is 18.3 Å². The number of aliphatic hydroxyl groups excluding tert-OH is 1. The first kappa shape index (κ1) is 12.7. The minimum atomic E-state index is -4.32. The Labute approximate surface area is 105 Å². The van der Waals surface area contributed by atoms with Gasteiger partial charge in [-0.05, 0) is 34.1 Å². The molecule has 0 radical (unpaired) electrons. The highest BCUT2D eigenvalue weighted by atomic mass is 79.9. The molecule has 94 valence electrons. The number of alkyl halides is 3. The van der Waals surface area contributed by atoms with Crippen LogP contribution in [0.5, 0.6) is 0 Å². The minimum Gasteiger partial charge on any atom is -0.396 e. The Kier molecular flexibility index (Phi) is 3.36. The van der Waals surface area contributed by atoms with Crippen molar-refractivity contribution in [2.24, 2.45) is 5.92 Å². The molecule has 17 heavy (non-hydrogen) atoms. The molecule has 1 aromatic rings. The lowest BCUT2D eigenvalue weighted by molar-refractivity contribution is -0.137. The molecular weight excluding hydrogens is 299 g/mol. The first-order valence-corrected chi connectivity index (χ1v) is 5.93. The molecule has 1 saturated heterocycles. The van der Waals surface area contributed by atoms with Crippen molar-refractivity contribution in [2.45, 2.75) is 6.18 Å². The van der Waals surface area contributed by atoms with Crippen molar-refractivity contribution in [1.82, 2.24) is 0 Å². The van der Waals surface area contributed by atoms with Crippen LogP contribution < -0.4 is 4.90 Å². The van der Waals surface area contributed by atoms with E-state index in [0.29, 0.717) is 17.6 Å². The normalized spacial score (nSPS) is 17.1. The highest BCUT2D eigenvalue weighted by Gasteiger charge is 2.32. The van der Waals surface area contributed by atoms with Gasteiger partial charge in [0.2, 0.25) is 0 Å². The van der Waals surface area contributed by atoms with Crippen LogP contribution in [0.25, 0.3) is 0 Å². The lowest BCUT2D eigenvalue weighted by atomic mass is 10.00. The van der Waals surface area contributed by atoms with Crippen LogP contribution in [0.2, 0.25) is 0 Å². The summed E-state index contributed by atoms with van der Waals surface area (Å²) in [7, 11) is 0. The SMILES string of the molecule is OCC1CN(c2ccc(C(F)(F)F)cc2Br)C1. The highest BCUT2D eigenvalue weighted by molar-refractivity contribution is 9.10. The number of aliphatic hydroxyl groups is 1. The van der Waals surface area contributed by atoms with Gasteiger partial charge in [-0.3, -0.25) is 0 Å². The Balaban J connectivity index is 2.16. The van der Waals surface area contributed by atoms with E-state index in [1.165, 1.54) is 6.07 Å². The third kappa shape index (κ3) is 2.57. The van der Waals surface area contributed by atoms with Gasteiger partial charge in [0.1, 0.15) is 0 Å². The van der Waals surface area contributed by atoms with Gasteiger partial charge >= 0.3 is 6.18 Å². The molecule has 0 unspecified atom stereocenters. The van der Waals surface area contributed by atoms with E-state index in [-0.39, 0.29) is 12.5 Å². The van der Waals surface area contributed by atoms with E-state index in [9.17, 15) is 13.2 Å². The molecule has 0 amide bonds. The molecule has 0 atom stereocenters. The summed E-state index contributed by atoms with van der Waals surface area (Å²) < 4.78 is 37.8. The second-order valence-electron chi connectivity index (χ2n) is 4.12. The Morgan fingerprint density at radius 1 is 1.35 bits per heavy atom. The van der Waals surface area contributed by atoms with Crippen LogP contribution in [-0.2, 0) is 6.18 Å². The van der Waals surface area contributed by atoms with Crippen LogP contribution in [0.3, 0.4) is 0 Å². The van der Waals surface area contributed by atoms with Crippen molar-refractivity contribution in [3.05, 3.63) is 28.2 Å². The number of rotatable bonds is 2. The quantitative estimate of drug-likeness (QED) is 0.908. The smallest absolute Gasteiger partial charge is 0.396 e. The van der Waals surface area contributed by atoms with Crippen molar-refractivity contribution >= 4 is 21.6 Å². The van der Waals surface area contributed by atoms with Gasteiger partial charge in [0.05, 0.1) is 11.3 Å². The van der Waals surface area contributed by atoms with Crippen molar-refractivity contribution in [3.63, 3.8) is 0 Å². The number of hydrogen-bond donors (Lipinski definition) is 1. The average Bonchev–Trinajstić information content (AvgIpc) is 2.17. The second-order valence-corrected chi connectivity index (χ2v) is 4.97. The standard InChI is InChI=1S/C11H11BrF3NO/c12-9-3-8(11(13,14)15)1-2-10(9)16-4-7(5-16)6-17/h1-3,7,17H,4-6H2. The zero-order valence-corrected chi connectivity index (χ0v) is 10.4. The molecule has 1 N–H and O–H groups in total. The maximum absolute atomic E-state index is 12.4. The Bertz CT molecular complexity index is 416. The van der Waals surface area contributed by atoms with Crippen molar-refractivity contribution in [1.29, 1.82) is 0 Å². The summed E-state index contributed by atoms with van der Waals surface area (Å²) in [6.45, 7) is 1.48. The first-order valence-electron chi connectivity index (χ1n) is 5.14. The molecule has 0 aromatic heterocycles. The Hall–Kier alpha value is -0.750. The lowest BCUT2D eigenvalue weighted by Gasteiger charge is -2.40. The molecule has 0 saturated carbocycles. The second kappa shape index (κ2) is 4.49. The minimum absolute atomic E-state index is 0.120. The van der Waals surface area contributed by atoms with Gasteiger partial charge < -0.3 is 10.0 Å². The third-order valence-corrected chi connectivity index (χ3v) is 3.47. The van der Waals surface area contributed by atoms with E-state index in [1.54, 1.807) is 0 Å². The molecule has 6 heteroatoms. The van der Waals surface area contributed by atoms with Gasteiger partial charge in [-0.15, -0.1) is 0 Å². The van der Waals surface area contributed by atoms with E-state index in [4.69, 9.17) is 5.11 Å².